The second-order valence-corrected chi connectivity index (χ2v) is 3.46. The van der Waals surface area contributed by atoms with Gasteiger partial charge in [-0.2, -0.15) is 0 Å². The Bertz CT molecular complexity index is 602. The Morgan fingerprint density at radius 2 is 2.11 bits per heavy atom. The molecule has 0 aliphatic carbocycles. The summed E-state index contributed by atoms with van der Waals surface area (Å²) in [6, 6.07) is 5.96. The van der Waals surface area contributed by atoms with Crippen LogP contribution in [0.1, 0.15) is 10.4 Å². The standard InChI is InChI=1S/C12H10FN3O2/c1-18-11(17)8-6-15-12(14)16-10(8)7-4-2-3-5-9(7)13/h2-6H,1H3,(H2,14,15,16). The summed E-state index contributed by atoms with van der Waals surface area (Å²) >= 11 is 0. The zero-order valence-electron chi connectivity index (χ0n) is 9.55. The average Bonchev–Trinajstić information content (AvgIpc) is 2.38. The second kappa shape index (κ2) is 4.79. The third kappa shape index (κ3) is 2.13. The van der Waals surface area contributed by atoms with Gasteiger partial charge in [-0.1, -0.05) is 12.1 Å². The van der Waals surface area contributed by atoms with E-state index < -0.39 is 11.8 Å². The van der Waals surface area contributed by atoms with Crippen LogP contribution in [0.25, 0.3) is 11.3 Å². The highest BCUT2D eigenvalue weighted by Gasteiger charge is 2.18. The van der Waals surface area contributed by atoms with Crippen LogP contribution < -0.4 is 5.73 Å². The minimum Gasteiger partial charge on any atom is -0.465 e. The van der Waals surface area contributed by atoms with Gasteiger partial charge in [0.15, 0.2) is 0 Å². The Kier molecular flexibility index (Phi) is 3.18. The van der Waals surface area contributed by atoms with Gasteiger partial charge in [0, 0.05) is 11.8 Å². The fraction of sp³-hybridized carbons (Fsp3) is 0.0833. The number of nitrogens with two attached hydrogens (primary N) is 1. The monoisotopic (exact) mass is 247 g/mol. The van der Waals surface area contributed by atoms with E-state index in [1.807, 2.05) is 0 Å². The van der Waals surface area contributed by atoms with Crippen LogP contribution in [0.2, 0.25) is 0 Å². The summed E-state index contributed by atoms with van der Waals surface area (Å²) in [6.45, 7) is 0. The predicted octanol–water partition coefficient (Wildman–Crippen LogP) is 1.65. The number of anilines is 1. The normalized spacial score (nSPS) is 10.1. The van der Waals surface area contributed by atoms with E-state index in [2.05, 4.69) is 14.7 Å². The van der Waals surface area contributed by atoms with E-state index in [1.165, 1.54) is 25.4 Å². The summed E-state index contributed by atoms with van der Waals surface area (Å²) in [6.07, 6.45) is 1.22. The first-order chi connectivity index (χ1) is 8.63. The summed E-state index contributed by atoms with van der Waals surface area (Å²) in [4.78, 5) is 19.2. The van der Waals surface area contributed by atoms with Crippen molar-refractivity contribution in [3.8, 4) is 11.3 Å². The molecule has 92 valence electrons. The molecule has 0 saturated heterocycles. The molecule has 0 amide bonds. The molecule has 0 atom stereocenters. The molecule has 0 saturated carbocycles. The first-order valence-corrected chi connectivity index (χ1v) is 5.09. The van der Waals surface area contributed by atoms with E-state index in [4.69, 9.17) is 5.73 Å². The van der Waals surface area contributed by atoms with Gasteiger partial charge in [0.25, 0.3) is 0 Å². The van der Waals surface area contributed by atoms with Crippen molar-refractivity contribution >= 4 is 11.9 Å². The highest BCUT2D eigenvalue weighted by Crippen LogP contribution is 2.24. The molecule has 2 N–H and O–H groups in total. The third-order valence-electron chi connectivity index (χ3n) is 2.34. The van der Waals surface area contributed by atoms with Gasteiger partial charge < -0.3 is 10.5 Å². The number of methoxy groups -OCH3 is 1. The molecule has 18 heavy (non-hydrogen) atoms. The number of rotatable bonds is 2. The van der Waals surface area contributed by atoms with Gasteiger partial charge in [0.2, 0.25) is 5.95 Å². The lowest BCUT2D eigenvalue weighted by atomic mass is 10.1. The SMILES string of the molecule is COC(=O)c1cnc(N)nc1-c1ccccc1F. The molecule has 1 heterocycles. The lowest BCUT2D eigenvalue weighted by molar-refractivity contribution is 0.0601. The van der Waals surface area contributed by atoms with Crippen molar-refractivity contribution in [2.24, 2.45) is 0 Å². The topological polar surface area (TPSA) is 78.1 Å². The number of carbonyl (C=O) groups is 1. The molecule has 0 aliphatic rings. The van der Waals surface area contributed by atoms with Crippen molar-refractivity contribution in [2.45, 2.75) is 0 Å². The van der Waals surface area contributed by atoms with E-state index in [1.54, 1.807) is 12.1 Å². The summed E-state index contributed by atoms with van der Waals surface area (Å²) in [5.74, 6) is -1.19. The van der Waals surface area contributed by atoms with Crippen LogP contribution in [0.3, 0.4) is 0 Å². The molecule has 5 nitrogen and oxygen atoms in total. The molecule has 1 aromatic carbocycles. The molecule has 1 aromatic heterocycles. The van der Waals surface area contributed by atoms with Gasteiger partial charge in [0.1, 0.15) is 11.4 Å². The van der Waals surface area contributed by atoms with Crippen molar-refractivity contribution in [2.75, 3.05) is 12.8 Å². The fourth-order valence-corrected chi connectivity index (χ4v) is 1.51. The van der Waals surface area contributed by atoms with Gasteiger partial charge in [-0.25, -0.2) is 19.2 Å². The lowest BCUT2D eigenvalue weighted by Gasteiger charge is -2.08. The quantitative estimate of drug-likeness (QED) is 0.816. The van der Waals surface area contributed by atoms with Crippen LogP contribution in [0, 0.1) is 5.82 Å². The Morgan fingerprint density at radius 3 is 2.78 bits per heavy atom. The minimum atomic E-state index is -0.645. The molecule has 6 heteroatoms. The molecular weight excluding hydrogens is 237 g/mol. The molecule has 2 aromatic rings. The van der Waals surface area contributed by atoms with Gasteiger partial charge in [-0.3, -0.25) is 0 Å². The van der Waals surface area contributed by atoms with E-state index in [9.17, 15) is 9.18 Å². The number of hydrogen-bond acceptors (Lipinski definition) is 5. The van der Waals surface area contributed by atoms with Crippen molar-refractivity contribution in [3.63, 3.8) is 0 Å². The molecule has 0 fully saturated rings. The van der Waals surface area contributed by atoms with Crippen LogP contribution in [0.15, 0.2) is 30.5 Å². The van der Waals surface area contributed by atoms with E-state index in [-0.39, 0.29) is 22.8 Å². The Balaban J connectivity index is 2.66. The second-order valence-electron chi connectivity index (χ2n) is 3.46. The zero-order valence-corrected chi connectivity index (χ0v) is 9.55. The first-order valence-electron chi connectivity index (χ1n) is 5.09. The van der Waals surface area contributed by atoms with E-state index in [0.717, 1.165) is 0 Å². The maximum Gasteiger partial charge on any atom is 0.341 e. The molecule has 0 bridgehead atoms. The average molecular weight is 247 g/mol. The number of benzene rings is 1. The van der Waals surface area contributed by atoms with Crippen molar-refractivity contribution < 1.29 is 13.9 Å². The number of hydrogen-bond donors (Lipinski definition) is 1. The smallest absolute Gasteiger partial charge is 0.341 e. The Labute approximate surface area is 102 Å². The number of esters is 1. The third-order valence-corrected chi connectivity index (χ3v) is 2.34. The highest BCUT2D eigenvalue weighted by molar-refractivity contribution is 5.96. The van der Waals surface area contributed by atoms with Gasteiger partial charge in [-0.05, 0) is 12.1 Å². The lowest BCUT2D eigenvalue weighted by Crippen LogP contribution is -2.08. The largest absolute Gasteiger partial charge is 0.465 e. The fourth-order valence-electron chi connectivity index (χ4n) is 1.51. The van der Waals surface area contributed by atoms with E-state index >= 15 is 0 Å². The van der Waals surface area contributed by atoms with Crippen LogP contribution in [-0.2, 0) is 4.74 Å². The summed E-state index contributed by atoms with van der Waals surface area (Å²) in [7, 11) is 1.23. The maximum absolute atomic E-state index is 13.7. The van der Waals surface area contributed by atoms with Crippen LogP contribution in [0.4, 0.5) is 10.3 Å². The van der Waals surface area contributed by atoms with Crippen LogP contribution >= 0.6 is 0 Å². The van der Waals surface area contributed by atoms with E-state index in [0.29, 0.717) is 0 Å². The number of carbonyl (C=O) groups excluding carboxylic acids is 1. The van der Waals surface area contributed by atoms with Crippen molar-refractivity contribution in [1.82, 2.24) is 9.97 Å². The van der Waals surface area contributed by atoms with Crippen LogP contribution in [0.5, 0.6) is 0 Å². The number of ether oxygens (including phenoxy) is 1. The summed E-state index contributed by atoms with van der Waals surface area (Å²) in [5.41, 5.74) is 5.82. The molecule has 0 aliphatic heterocycles. The number of nitrogen functional groups attached to an aromatic ring is 1. The number of aromatic nitrogens is 2. The molecule has 0 spiro atoms. The number of halogens is 1. The van der Waals surface area contributed by atoms with Gasteiger partial charge in [-0.15, -0.1) is 0 Å². The highest BCUT2D eigenvalue weighted by atomic mass is 19.1. The predicted molar refractivity (Wildman–Crippen MR) is 63.2 cm³/mol. The van der Waals surface area contributed by atoms with Gasteiger partial charge in [0.05, 0.1) is 12.8 Å². The Morgan fingerprint density at radius 1 is 1.39 bits per heavy atom. The molecule has 2 rings (SSSR count). The minimum absolute atomic E-state index is 0.0408. The number of nitrogens with zero attached hydrogens (tertiary/aromatic N) is 2. The van der Waals surface area contributed by atoms with Crippen LogP contribution in [-0.4, -0.2) is 23.0 Å². The Hall–Kier alpha value is -2.50. The molecular formula is C12H10FN3O2. The molecule has 0 radical (unpaired) electrons. The zero-order chi connectivity index (χ0) is 13.1. The molecule has 0 unspecified atom stereocenters. The summed E-state index contributed by atoms with van der Waals surface area (Å²) < 4.78 is 18.3. The maximum atomic E-state index is 13.7. The first kappa shape index (κ1) is 12.0. The van der Waals surface area contributed by atoms with Crippen molar-refractivity contribution in [1.29, 1.82) is 0 Å². The summed E-state index contributed by atoms with van der Waals surface area (Å²) in [5, 5.41) is 0. The van der Waals surface area contributed by atoms with Gasteiger partial charge >= 0.3 is 5.97 Å². The van der Waals surface area contributed by atoms with Crippen molar-refractivity contribution in [3.05, 3.63) is 41.8 Å².